The van der Waals surface area contributed by atoms with Crippen molar-refractivity contribution in [3.05, 3.63) is 64.0 Å². The van der Waals surface area contributed by atoms with Crippen molar-refractivity contribution in [1.82, 2.24) is 19.9 Å². The zero-order valence-corrected chi connectivity index (χ0v) is 18.8. The third-order valence-electron chi connectivity index (χ3n) is 4.46. The maximum Gasteiger partial charge on any atom is 0.240 e. The SMILES string of the molecule is CN=Cc1ccccc1COC[C@@H](NC(=O)C(C)(C)N)c1nnc2ccc(Br)cn12. The van der Waals surface area contributed by atoms with E-state index in [1.165, 1.54) is 0 Å². The van der Waals surface area contributed by atoms with Gasteiger partial charge in [-0.15, -0.1) is 10.2 Å². The van der Waals surface area contributed by atoms with Crippen molar-refractivity contribution in [2.75, 3.05) is 13.7 Å². The number of hydrogen-bond acceptors (Lipinski definition) is 6. The lowest BCUT2D eigenvalue weighted by Crippen LogP contribution is -2.50. The van der Waals surface area contributed by atoms with Gasteiger partial charge in [0.2, 0.25) is 5.91 Å². The second-order valence-corrected chi connectivity index (χ2v) is 8.40. The van der Waals surface area contributed by atoms with Gasteiger partial charge in [0.25, 0.3) is 0 Å². The summed E-state index contributed by atoms with van der Waals surface area (Å²) in [6.45, 7) is 3.87. The van der Waals surface area contributed by atoms with Crippen molar-refractivity contribution < 1.29 is 9.53 Å². The van der Waals surface area contributed by atoms with Crippen LogP contribution in [0.5, 0.6) is 0 Å². The molecule has 3 rings (SSSR count). The van der Waals surface area contributed by atoms with E-state index in [1.54, 1.807) is 27.1 Å². The number of aromatic nitrogens is 3. The number of rotatable bonds is 8. The number of amides is 1. The van der Waals surface area contributed by atoms with Gasteiger partial charge < -0.3 is 15.8 Å². The number of nitrogens with one attached hydrogen (secondary N) is 1. The summed E-state index contributed by atoms with van der Waals surface area (Å²) in [5.41, 5.74) is 7.59. The van der Waals surface area contributed by atoms with Gasteiger partial charge in [-0.25, -0.2) is 0 Å². The molecular formula is C21H25BrN6O2. The number of aliphatic imine (C=N–C) groups is 1. The summed E-state index contributed by atoms with van der Waals surface area (Å²) in [5, 5.41) is 11.4. The Balaban J connectivity index is 1.83. The van der Waals surface area contributed by atoms with E-state index in [1.807, 2.05) is 47.0 Å². The predicted octanol–water partition coefficient (Wildman–Crippen LogP) is 2.65. The van der Waals surface area contributed by atoms with Crippen LogP contribution in [-0.4, -0.2) is 45.9 Å². The molecule has 0 saturated heterocycles. The van der Waals surface area contributed by atoms with E-state index in [2.05, 4.69) is 36.4 Å². The van der Waals surface area contributed by atoms with E-state index >= 15 is 0 Å². The number of nitrogens with two attached hydrogens (primary N) is 1. The molecule has 0 unspecified atom stereocenters. The molecule has 30 heavy (non-hydrogen) atoms. The number of pyridine rings is 1. The molecule has 8 nitrogen and oxygen atoms in total. The van der Waals surface area contributed by atoms with Gasteiger partial charge in [0.1, 0.15) is 6.04 Å². The Bertz CT molecular complexity index is 1060. The first-order valence-electron chi connectivity index (χ1n) is 9.47. The largest absolute Gasteiger partial charge is 0.374 e. The lowest BCUT2D eigenvalue weighted by atomic mass is 10.1. The highest BCUT2D eigenvalue weighted by Crippen LogP contribution is 2.19. The van der Waals surface area contributed by atoms with E-state index in [-0.39, 0.29) is 12.5 Å². The monoisotopic (exact) mass is 472 g/mol. The fourth-order valence-corrected chi connectivity index (χ4v) is 3.20. The van der Waals surface area contributed by atoms with Gasteiger partial charge >= 0.3 is 0 Å². The summed E-state index contributed by atoms with van der Waals surface area (Å²) in [6.07, 6.45) is 3.64. The first-order chi connectivity index (χ1) is 14.3. The summed E-state index contributed by atoms with van der Waals surface area (Å²) < 4.78 is 8.66. The number of ether oxygens (including phenoxy) is 1. The quantitative estimate of drug-likeness (QED) is 0.490. The molecule has 0 fully saturated rings. The fourth-order valence-electron chi connectivity index (χ4n) is 2.86. The topological polar surface area (TPSA) is 107 Å². The van der Waals surface area contributed by atoms with Crippen molar-refractivity contribution in [2.45, 2.75) is 32.0 Å². The standard InChI is InChI=1S/C21H25BrN6O2/c1-21(2,23)20(29)25-17(19-27-26-18-9-8-16(22)11-28(18)19)13-30-12-15-7-5-4-6-14(15)10-24-3/h4-11,17H,12-13,23H2,1-3H3,(H,25,29)/t17-/m1/s1. The zero-order valence-electron chi connectivity index (χ0n) is 17.2. The van der Waals surface area contributed by atoms with Crippen LogP contribution in [0.25, 0.3) is 5.65 Å². The van der Waals surface area contributed by atoms with Gasteiger partial charge in [0.15, 0.2) is 11.5 Å². The smallest absolute Gasteiger partial charge is 0.240 e. The van der Waals surface area contributed by atoms with Gasteiger partial charge in [-0.3, -0.25) is 14.2 Å². The van der Waals surface area contributed by atoms with E-state index < -0.39 is 11.6 Å². The normalized spacial score (nSPS) is 13.1. The third kappa shape index (κ3) is 5.29. The Kier molecular flexibility index (Phi) is 6.96. The summed E-state index contributed by atoms with van der Waals surface area (Å²) in [7, 11) is 1.73. The molecule has 1 aromatic carbocycles. The van der Waals surface area contributed by atoms with Crippen LogP contribution in [0.1, 0.15) is 36.8 Å². The third-order valence-corrected chi connectivity index (χ3v) is 4.93. The molecular weight excluding hydrogens is 448 g/mol. The number of hydrogen-bond donors (Lipinski definition) is 2. The number of benzene rings is 1. The molecule has 2 heterocycles. The molecule has 0 spiro atoms. The summed E-state index contributed by atoms with van der Waals surface area (Å²) in [6, 6.07) is 11.1. The van der Waals surface area contributed by atoms with Crippen molar-refractivity contribution in [2.24, 2.45) is 10.7 Å². The Morgan fingerprint density at radius 2 is 2.10 bits per heavy atom. The van der Waals surface area contributed by atoms with Crippen molar-refractivity contribution >= 4 is 33.7 Å². The van der Waals surface area contributed by atoms with Gasteiger partial charge in [-0.1, -0.05) is 24.3 Å². The molecule has 0 aliphatic heterocycles. The Morgan fingerprint density at radius 1 is 1.33 bits per heavy atom. The maximum absolute atomic E-state index is 12.6. The average Bonchev–Trinajstić information content (AvgIpc) is 3.10. The molecule has 0 bridgehead atoms. The maximum atomic E-state index is 12.6. The Morgan fingerprint density at radius 3 is 2.83 bits per heavy atom. The molecule has 0 aliphatic carbocycles. The molecule has 9 heteroatoms. The Labute approximate surface area is 183 Å². The highest BCUT2D eigenvalue weighted by Gasteiger charge is 2.28. The first-order valence-corrected chi connectivity index (χ1v) is 10.3. The Hall–Kier alpha value is -2.62. The van der Waals surface area contributed by atoms with E-state index in [0.29, 0.717) is 18.1 Å². The van der Waals surface area contributed by atoms with Crippen LogP contribution in [0, 0.1) is 0 Å². The molecule has 0 aliphatic rings. The number of nitrogens with zero attached hydrogens (tertiary/aromatic N) is 4. The molecule has 0 radical (unpaired) electrons. The van der Waals surface area contributed by atoms with E-state index in [9.17, 15) is 4.79 Å². The van der Waals surface area contributed by atoms with Crippen molar-refractivity contribution in [1.29, 1.82) is 0 Å². The highest BCUT2D eigenvalue weighted by molar-refractivity contribution is 9.10. The lowest BCUT2D eigenvalue weighted by Gasteiger charge is -2.23. The molecule has 1 amide bonds. The minimum atomic E-state index is -1.04. The van der Waals surface area contributed by atoms with Gasteiger partial charge in [-0.2, -0.15) is 0 Å². The summed E-state index contributed by atoms with van der Waals surface area (Å²) in [5.74, 6) is 0.258. The molecule has 3 N–H and O–H groups in total. The van der Waals surface area contributed by atoms with Crippen LogP contribution in [0.4, 0.5) is 0 Å². The first kappa shape index (κ1) is 22.1. The van der Waals surface area contributed by atoms with Crippen LogP contribution in [0.2, 0.25) is 0 Å². The molecule has 1 atom stereocenters. The van der Waals surface area contributed by atoms with Crippen LogP contribution >= 0.6 is 15.9 Å². The second-order valence-electron chi connectivity index (χ2n) is 7.48. The van der Waals surface area contributed by atoms with E-state index in [4.69, 9.17) is 10.5 Å². The van der Waals surface area contributed by atoms with Crippen LogP contribution < -0.4 is 11.1 Å². The lowest BCUT2D eigenvalue weighted by molar-refractivity contribution is -0.126. The van der Waals surface area contributed by atoms with Gasteiger partial charge in [0, 0.05) is 23.9 Å². The second kappa shape index (κ2) is 9.46. The molecule has 0 saturated carbocycles. The zero-order chi connectivity index (χ0) is 21.7. The summed E-state index contributed by atoms with van der Waals surface area (Å²) in [4.78, 5) is 16.7. The van der Waals surface area contributed by atoms with E-state index in [0.717, 1.165) is 15.6 Å². The van der Waals surface area contributed by atoms with Crippen LogP contribution in [-0.2, 0) is 16.1 Å². The number of halogens is 1. The van der Waals surface area contributed by atoms with Crippen molar-refractivity contribution in [3.63, 3.8) is 0 Å². The number of carbonyl (C=O) groups is 1. The van der Waals surface area contributed by atoms with Crippen LogP contribution in [0.15, 0.2) is 52.1 Å². The highest BCUT2D eigenvalue weighted by atomic mass is 79.9. The molecule has 2 aromatic heterocycles. The van der Waals surface area contributed by atoms with Gasteiger partial charge in [0.05, 0.1) is 18.8 Å². The molecule has 158 valence electrons. The van der Waals surface area contributed by atoms with Crippen molar-refractivity contribution in [3.8, 4) is 0 Å². The minimum Gasteiger partial charge on any atom is -0.374 e. The van der Waals surface area contributed by atoms with Crippen LogP contribution in [0.3, 0.4) is 0 Å². The number of carbonyl (C=O) groups excluding carboxylic acids is 1. The number of fused-ring (bicyclic) bond motifs is 1. The fraction of sp³-hybridized carbons (Fsp3) is 0.333. The van der Waals surface area contributed by atoms with Gasteiger partial charge in [-0.05, 0) is 53.0 Å². The minimum absolute atomic E-state index is 0.201. The average molecular weight is 473 g/mol. The predicted molar refractivity (Wildman–Crippen MR) is 119 cm³/mol. The summed E-state index contributed by atoms with van der Waals surface area (Å²) >= 11 is 3.46. The molecule has 3 aromatic rings.